The van der Waals surface area contributed by atoms with Crippen molar-refractivity contribution in [2.24, 2.45) is 0 Å². The SMILES string of the molecule is C=CCSc1nnc(-c2nn(-c3ccc(Cl)cc3)ccc2=O)n1CC. The number of thioether (sulfide) groups is 1. The minimum Gasteiger partial charge on any atom is -0.301 e. The van der Waals surface area contributed by atoms with Crippen LogP contribution < -0.4 is 5.43 Å². The van der Waals surface area contributed by atoms with Crippen molar-refractivity contribution < 1.29 is 0 Å². The quantitative estimate of drug-likeness (QED) is 0.489. The molecule has 0 bridgehead atoms. The molecular weight excluding hydrogens is 358 g/mol. The van der Waals surface area contributed by atoms with Crippen LogP contribution in [0.5, 0.6) is 0 Å². The van der Waals surface area contributed by atoms with Gasteiger partial charge in [-0.15, -0.1) is 16.8 Å². The van der Waals surface area contributed by atoms with Gasteiger partial charge in [-0.1, -0.05) is 29.4 Å². The Kier molecular flexibility index (Phi) is 5.35. The summed E-state index contributed by atoms with van der Waals surface area (Å²) in [6.45, 7) is 6.32. The Bertz CT molecular complexity index is 948. The molecule has 0 radical (unpaired) electrons. The first-order chi connectivity index (χ1) is 12.1. The number of rotatable bonds is 6. The van der Waals surface area contributed by atoms with Crippen LogP contribution in [0, 0.1) is 0 Å². The van der Waals surface area contributed by atoms with Crippen LogP contribution >= 0.6 is 23.4 Å². The van der Waals surface area contributed by atoms with Gasteiger partial charge < -0.3 is 4.57 Å². The molecule has 6 nitrogen and oxygen atoms in total. The highest BCUT2D eigenvalue weighted by Gasteiger charge is 2.17. The van der Waals surface area contributed by atoms with Gasteiger partial charge in [0.2, 0.25) is 5.43 Å². The van der Waals surface area contributed by atoms with Crippen molar-refractivity contribution in [2.45, 2.75) is 18.6 Å². The molecule has 0 unspecified atom stereocenters. The number of hydrogen-bond donors (Lipinski definition) is 0. The zero-order valence-electron chi connectivity index (χ0n) is 13.6. The average molecular weight is 374 g/mol. The molecule has 3 aromatic rings. The second-order valence-corrected chi connectivity index (χ2v) is 6.52. The molecule has 0 saturated carbocycles. The van der Waals surface area contributed by atoms with Crippen LogP contribution in [0.15, 0.2) is 59.1 Å². The smallest absolute Gasteiger partial charge is 0.211 e. The highest BCUT2D eigenvalue weighted by atomic mass is 35.5. The summed E-state index contributed by atoms with van der Waals surface area (Å²) in [5.41, 5.74) is 0.860. The number of nitrogens with zero attached hydrogens (tertiary/aromatic N) is 5. The third-order valence-electron chi connectivity index (χ3n) is 3.47. The molecule has 0 spiro atoms. The molecule has 2 heterocycles. The first-order valence-electron chi connectivity index (χ1n) is 7.67. The van der Waals surface area contributed by atoms with Gasteiger partial charge in [0, 0.05) is 29.6 Å². The Hall–Kier alpha value is -2.38. The Morgan fingerprint density at radius 1 is 1.24 bits per heavy atom. The van der Waals surface area contributed by atoms with Crippen molar-refractivity contribution in [2.75, 3.05) is 5.75 Å². The monoisotopic (exact) mass is 373 g/mol. The number of benzene rings is 1. The van der Waals surface area contributed by atoms with Crippen molar-refractivity contribution >= 4 is 23.4 Å². The summed E-state index contributed by atoms with van der Waals surface area (Å²) < 4.78 is 3.50. The molecule has 2 aromatic heterocycles. The van der Waals surface area contributed by atoms with Crippen molar-refractivity contribution in [3.63, 3.8) is 0 Å². The van der Waals surface area contributed by atoms with E-state index in [1.165, 1.54) is 17.8 Å². The molecule has 25 heavy (non-hydrogen) atoms. The fourth-order valence-electron chi connectivity index (χ4n) is 2.29. The molecule has 0 aliphatic heterocycles. The van der Waals surface area contributed by atoms with Crippen molar-refractivity contribution in [1.82, 2.24) is 24.5 Å². The molecule has 1 aromatic carbocycles. The Morgan fingerprint density at radius 2 is 2.00 bits per heavy atom. The van der Waals surface area contributed by atoms with E-state index in [1.54, 1.807) is 29.1 Å². The summed E-state index contributed by atoms with van der Waals surface area (Å²) >= 11 is 7.44. The van der Waals surface area contributed by atoms with E-state index in [-0.39, 0.29) is 11.1 Å². The van der Waals surface area contributed by atoms with E-state index in [1.807, 2.05) is 23.6 Å². The lowest BCUT2D eigenvalue weighted by atomic mass is 10.3. The molecule has 0 N–H and O–H groups in total. The second-order valence-electron chi connectivity index (χ2n) is 5.10. The Balaban J connectivity index is 2.07. The molecular formula is C17H16ClN5OS. The first-order valence-corrected chi connectivity index (χ1v) is 9.03. The van der Waals surface area contributed by atoms with Gasteiger partial charge in [0.05, 0.1) is 5.69 Å². The summed E-state index contributed by atoms with van der Waals surface area (Å²) in [6.07, 6.45) is 3.42. The Morgan fingerprint density at radius 3 is 2.68 bits per heavy atom. The topological polar surface area (TPSA) is 65.6 Å². The molecule has 0 atom stereocenters. The Labute approximate surface area is 154 Å². The van der Waals surface area contributed by atoms with Crippen LogP contribution in [0.3, 0.4) is 0 Å². The van der Waals surface area contributed by atoms with E-state index in [9.17, 15) is 4.79 Å². The summed E-state index contributed by atoms with van der Waals surface area (Å²) in [7, 11) is 0. The van der Waals surface area contributed by atoms with E-state index in [2.05, 4.69) is 21.9 Å². The molecule has 128 valence electrons. The van der Waals surface area contributed by atoms with Gasteiger partial charge in [-0.05, 0) is 31.2 Å². The van der Waals surface area contributed by atoms with Gasteiger partial charge in [0.25, 0.3) is 0 Å². The molecule has 0 aliphatic carbocycles. The van der Waals surface area contributed by atoms with Gasteiger partial charge in [0.15, 0.2) is 16.7 Å². The van der Waals surface area contributed by atoms with Crippen LogP contribution in [0.2, 0.25) is 5.02 Å². The van der Waals surface area contributed by atoms with Crippen molar-refractivity contribution in [3.05, 3.63) is 64.4 Å². The minimum absolute atomic E-state index is 0.201. The van der Waals surface area contributed by atoms with E-state index in [0.29, 0.717) is 17.4 Å². The highest BCUT2D eigenvalue weighted by molar-refractivity contribution is 7.99. The predicted molar refractivity (Wildman–Crippen MR) is 100 cm³/mol. The zero-order valence-corrected chi connectivity index (χ0v) is 15.2. The minimum atomic E-state index is -0.201. The van der Waals surface area contributed by atoms with Crippen LogP contribution in [-0.2, 0) is 6.54 Å². The lowest BCUT2D eigenvalue weighted by Crippen LogP contribution is -2.15. The van der Waals surface area contributed by atoms with E-state index in [4.69, 9.17) is 11.6 Å². The summed E-state index contributed by atoms with van der Waals surface area (Å²) in [5, 5.41) is 14.2. The number of hydrogen-bond acceptors (Lipinski definition) is 5. The largest absolute Gasteiger partial charge is 0.301 e. The molecule has 0 saturated heterocycles. The van der Waals surface area contributed by atoms with Gasteiger partial charge >= 0.3 is 0 Å². The predicted octanol–water partition coefficient (Wildman–Crippen LogP) is 3.44. The summed E-state index contributed by atoms with van der Waals surface area (Å²) in [6, 6.07) is 8.69. The maximum absolute atomic E-state index is 12.3. The third-order valence-corrected chi connectivity index (χ3v) is 4.69. The van der Waals surface area contributed by atoms with Crippen LogP contribution in [-0.4, -0.2) is 30.3 Å². The first kappa shape index (κ1) is 17.4. The van der Waals surface area contributed by atoms with Crippen molar-refractivity contribution in [1.29, 1.82) is 0 Å². The van der Waals surface area contributed by atoms with E-state index in [0.717, 1.165) is 16.6 Å². The molecule has 8 heteroatoms. The number of aromatic nitrogens is 5. The fraction of sp³-hybridized carbons (Fsp3) is 0.176. The molecule has 0 amide bonds. The van der Waals surface area contributed by atoms with Gasteiger partial charge in [0.1, 0.15) is 0 Å². The van der Waals surface area contributed by atoms with Gasteiger partial charge in [-0.3, -0.25) is 4.79 Å². The zero-order chi connectivity index (χ0) is 17.8. The van der Waals surface area contributed by atoms with Gasteiger partial charge in [-0.25, -0.2) is 4.68 Å². The molecule has 0 fully saturated rings. The van der Waals surface area contributed by atoms with Crippen LogP contribution in [0.1, 0.15) is 6.92 Å². The maximum Gasteiger partial charge on any atom is 0.211 e. The van der Waals surface area contributed by atoms with Crippen LogP contribution in [0.4, 0.5) is 0 Å². The maximum atomic E-state index is 12.3. The normalized spacial score (nSPS) is 10.8. The van der Waals surface area contributed by atoms with E-state index >= 15 is 0 Å². The molecule has 0 aliphatic rings. The van der Waals surface area contributed by atoms with Crippen LogP contribution in [0.25, 0.3) is 17.2 Å². The van der Waals surface area contributed by atoms with E-state index < -0.39 is 0 Å². The fourth-order valence-corrected chi connectivity index (χ4v) is 3.15. The second kappa shape index (κ2) is 7.67. The van der Waals surface area contributed by atoms with Crippen molar-refractivity contribution in [3.8, 4) is 17.2 Å². The van der Waals surface area contributed by atoms with Gasteiger partial charge in [-0.2, -0.15) is 5.10 Å². The standard InChI is InChI=1S/C17H16ClN5OS/c1-3-11-25-17-20-19-16(22(17)4-2)15-14(24)9-10-23(21-15)13-7-5-12(18)6-8-13/h3,5-10H,1,4,11H2,2H3. The lowest BCUT2D eigenvalue weighted by Gasteiger charge is -2.09. The number of halogens is 1. The highest BCUT2D eigenvalue weighted by Crippen LogP contribution is 2.21. The molecule has 3 rings (SSSR count). The lowest BCUT2D eigenvalue weighted by molar-refractivity contribution is 0.683. The summed E-state index contributed by atoms with van der Waals surface area (Å²) in [5.74, 6) is 1.18. The third kappa shape index (κ3) is 3.67. The summed E-state index contributed by atoms with van der Waals surface area (Å²) in [4.78, 5) is 12.3. The average Bonchev–Trinajstić information content (AvgIpc) is 3.03.